The molecular formula is C11H13NO9. The maximum Gasteiger partial charge on any atom is 0.328 e. The normalized spacial score (nSPS) is 8.76. The Morgan fingerprint density at radius 1 is 0.667 bits per heavy atom. The van der Waals surface area contributed by atoms with Gasteiger partial charge < -0.3 is 26.2 Å². The minimum Gasteiger partial charge on any atom is -0.478 e. The van der Waals surface area contributed by atoms with Crippen molar-refractivity contribution in [1.29, 1.82) is 0 Å². The maximum atomic E-state index is 9.55. The van der Waals surface area contributed by atoms with E-state index in [9.17, 15) is 24.0 Å². The highest BCUT2D eigenvalue weighted by molar-refractivity contribution is 5.90. The number of nitrogens with two attached hydrogens (primary N) is 1. The van der Waals surface area contributed by atoms with Crippen LogP contribution in [0.5, 0.6) is 0 Å². The number of hydrogen-bond acceptors (Lipinski definition) is 5. The average Bonchev–Trinajstić information content (AvgIpc) is 2.35. The van der Waals surface area contributed by atoms with Crippen molar-refractivity contribution in [2.24, 2.45) is 5.73 Å². The topological polar surface area (TPSA) is 192 Å². The first-order chi connectivity index (χ1) is 9.52. The van der Waals surface area contributed by atoms with Crippen LogP contribution < -0.4 is 5.73 Å². The lowest BCUT2D eigenvalue weighted by atomic mass is 10.5. The molecule has 10 nitrogen and oxygen atoms in total. The van der Waals surface area contributed by atoms with Gasteiger partial charge in [0.1, 0.15) is 0 Å². The van der Waals surface area contributed by atoms with E-state index in [1.165, 1.54) is 0 Å². The molecule has 0 atom stereocenters. The third kappa shape index (κ3) is 47.9. The lowest BCUT2D eigenvalue weighted by Gasteiger charge is -1.74. The van der Waals surface area contributed by atoms with Gasteiger partial charge in [0.15, 0.2) is 0 Å². The van der Waals surface area contributed by atoms with Crippen molar-refractivity contribution in [1.82, 2.24) is 0 Å². The van der Waals surface area contributed by atoms with E-state index in [4.69, 9.17) is 20.4 Å². The Morgan fingerprint density at radius 3 is 0.857 bits per heavy atom. The van der Waals surface area contributed by atoms with Gasteiger partial charge in [0.05, 0.1) is 0 Å². The highest BCUT2D eigenvalue weighted by Crippen LogP contribution is 1.71. The van der Waals surface area contributed by atoms with E-state index < -0.39 is 29.8 Å². The highest BCUT2D eigenvalue weighted by Gasteiger charge is 1.88. The second kappa shape index (κ2) is 14.6. The van der Waals surface area contributed by atoms with Gasteiger partial charge >= 0.3 is 23.9 Å². The van der Waals surface area contributed by atoms with Crippen molar-refractivity contribution >= 4 is 29.8 Å². The number of carbonyl (C=O) groups is 5. The molecular weight excluding hydrogens is 290 g/mol. The molecule has 0 bridgehead atoms. The fourth-order valence-electron chi connectivity index (χ4n) is 0.285. The number of rotatable bonds is 5. The highest BCUT2D eigenvalue weighted by atomic mass is 16.4. The zero-order chi connectivity index (χ0) is 17.4. The fourth-order valence-corrected chi connectivity index (χ4v) is 0.285. The van der Waals surface area contributed by atoms with Crippen LogP contribution in [0.3, 0.4) is 0 Å². The summed E-state index contributed by atoms with van der Waals surface area (Å²) in [5.74, 6) is -5.51. The lowest BCUT2D eigenvalue weighted by molar-refractivity contribution is -0.134. The summed E-state index contributed by atoms with van der Waals surface area (Å²) in [7, 11) is 0. The van der Waals surface area contributed by atoms with E-state index in [0.717, 1.165) is 6.08 Å². The van der Waals surface area contributed by atoms with E-state index in [2.05, 4.69) is 12.3 Å². The summed E-state index contributed by atoms with van der Waals surface area (Å²) >= 11 is 0. The smallest absolute Gasteiger partial charge is 0.328 e. The Morgan fingerprint density at radius 2 is 0.810 bits per heavy atom. The monoisotopic (exact) mass is 303 g/mol. The molecule has 116 valence electrons. The number of hydrogen-bond donors (Lipinski definition) is 5. The third-order valence-electron chi connectivity index (χ3n) is 0.938. The van der Waals surface area contributed by atoms with Crippen LogP contribution in [0, 0.1) is 0 Å². The molecule has 0 aromatic rings. The van der Waals surface area contributed by atoms with Gasteiger partial charge in [0.25, 0.3) is 0 Å². The van der Waals surface area contributed by atoms with Crippen LogP contribution in [0.25, 0.3) is 0 Å². The van der Waals surface area contributed by atoms with E-state index >= 15 is 0 Å². The Labute approximate surface area is 118 Å². The van der Waals surface area contributed by atoms with E-state index in [0.29, 0.717) is 24.3 Å². The lowest BCUT2D eigenvalue weighted by Crippen LogP contribution is -2.04. The predicted molar refractivity (Wildman–Crippen MR) is 68.2 cm³/mol. The molecule has 0 radical (unpaired) electrons. The van der Waals surface area contributed by atoms with E-state index in [1.807, 2.05) is 0 Å². The van der Waals surface area contributed by atoms with Crippen molar-refractivity contribution in [3.63, 3.8) is 0 Å². The van der Waals surface area contributed by atoms with Crippen molar-refractivity contribution in [2.45, 2.75) is 0 Å². The van der Waals surface area contributed by atoms with Crippen LogP contribution in [-0.2, 0) is 24.0 Å². The van der Waals surface area contributed by atoms with Gasteiger partial charge in [-0.15, -0.1) is 0 Å². The molecule has 0 aliphatic rings. The molecule has 0 saturated carbocycles. The summed E-state index contributed by atoms with van der Waals surface area (Å²) in [6, 6.07) is 0. The maximum absolute atomic E-state index is 9.55. The largest absolute Gasteiger partial charge is 0.478 e. The van der Waals surface area contributed by atoms with Crippen LogP contribution in [0.15, 0.2) is 37.0 Å². The number of carboxylic acids is 4. The predicted octanol–water partition coefficient (Wildman–Crippen LogP) is -0.919. The summed E-state index contributed by atoms with van der Waals surface area (Å²) in [4.78, 5) is 47.7. The average molecular weight is 303 g/mol. The van der Waals surface area contributed by atoms with Crippen molar-refractivity contribution in [2.75, 3.05) is 0 Å². The molecule has 0 saturated heterocycles. The number of carbonyl (C=O) groups excluding carboxylic acids is 1. The first kappa shape index (κ1) is 22.7. The number of aliphatic carboxylic acids is 4. The van der Waals surface area contributed by atoms with E-state index in [-0.39, 0.29) is 0 Å². The van der Waals surface area contributed by atoms with Gasteiger partial charge in [0, 0.05) is 24.3 Å². The molecule has 0 spiro atoms. The van der Waals surface area contributed by atoms with Crippen LogP contribution in [-0.4, -0.2) is 50.2 Å². The third-order valence-corrected chi connectivity index (χ3v) is 0.938. The standard InChI is InChI=1S/2C4H4O4.C3H5NO/c2*5-3(6)1-2-4(7)8;1-2-3(4)5/h2*1-2H,(H,5,6)(H,7,8);2H,1H2,(H2,4,5). The van der Waals surface area contributed by atoms with Gasteiger partial charge in [-0.25, -0.2) is 19.2 Å². The Balaban J connectivity index is -0.000000239. The fraction of sp³-hybridized carbons (Fsp3) is 0. The quantitative estimate of drug-likeness (QED) is 0.399. The zero-order valence-corrected chi connectivity index (χ0v) is 10.5. The van der Waals surface area contributed by atoms with Gasteiger partial charge in [-0.1, -0.05) is 6.58 Å². The first-order valence-corrected chi connectivity index (χ1v) is 4.72. The summed E-state index contributed by atoms with van der Waals surface area (Å²) in [6.07, 6.45) is 3.29. The molecule has 0 aromatic carbocycles. The SMILES string of the molecule is C=CC(N)=O.O=C(O)C=CC(=O)O.O=C(O)C=CC(=O)O. The van der Waals surface area contributed by atoms with Gasteiger partial charge in [-0.2, -0.15) is 0 Å². The Hall–Kier alpha value is -3.43. The molecule has 0 rings (SSSR count). The summed E-state index contributed by atoms with van der Waals surface area (Å²) in [6.45, 7) is 3.09. The molecule has 0 fully saturated rings. The van der Waals surface area contributed by atoms with Crippen molar-refractivity contribution in [3.05, 3.63) is 37.0 Å². The van der Waals surface area contributed by atoms with Gasteiger partial charge in [-0.3, -0.25) is 4.79 Å². The molecule has 0 aromatic heterocycles. The first-order valence-electron chi connectivity index (χ1n) is 4.72. The number of carboxylic acid groups (broad SMARTS) is 4. The number of amides is 1. The Kier molecular flexibility index (Phi) is 15.8. The zero-order valence-electron chi connectivity index (χ0n) is 10.5. The molecule has 21 heavy (non-hydrogen) atoms. The minimum atomic E-state index is -1.26. The summed E-state index contributed by atoms with van der Waals surface area (Å²) in [5, 5.41) is 31.2. The Bertz CT molecular complexity index is 396. The van der Waals surface area contributed by atoms with Crippen molar-refractivity contribution in [3.8, 4) is 0 Å². The van der Waals surface area contributed by atoms with Crippen LogP contribution >= 0.6 is 0 Å². The van der Waals surface area contributed by atoms with Crippen molar-refractivity contribution < 1.29 is 44.4 Å². The minimum absolute atomic E-state index is 0.481. The molecule has 0 aliphatic heterocycles. The number of primary amides is 1. The van der Waals surface area contributed by atoms with Crippen LogP contribution in [0.4, 0.5) is 0 Å². The summed E-state index contributed by atoms with van der Waals surface area (Å²) < 4.78 is 0. The van der Waals surface area contributed by atoms with Crippen LogP contribution in [0.1, 0.15) is 0 Å². The van der Waals surface area contributed by atoms with Crippen LogP contribution in [0.2, 0.25) is 0 Å². The molecule has 1 amide bonds. The van der Waals surface area contributed by atoms with E-state index in [1.54, 1.807) is 0 Å². The second-order valence-electron chi connectivity index (χ2n) is 2.63. The molecule has 0 heterocycles. The molecule has 0 unspecified atom stereocenters. The van der Waals surface area contributed by atoms with Gasteiger partial charge in [0.2, 0.25) is 5.91 Å². The second-order valence-corrected chi connectivity index (χ2v) is 2.63. The van der Waals surface area contributed by atoms with Gasteiger partial charge in [-0.05, 0) is 6.08 Å². The summed E-state index contributed by atoms with van der Waals surface area (Å²) in [5.41, 5.74) is 4.53. The molecule has 0 aliphatic carbocycles. The molecule has 6 N–H and O–H groups in total. The molecule has 10 heteroatoms.